The second-order valence-corrected chi connectivity index (χ2v) is 9.27. The van der Waals surface area contributed by atoms with Crippen LogP contribution in [-0.4, -0.2) is 27.7 Å². The van der Waals surface area contributed by atoms with E-state index in [1.54, 1.807) is 17.7 Å². The number of hydrogen-bond acceptors (Lipinski definition) is 4. The highest BCUT2D eigenvalue weighted by atomic mass is 16.5. The van der Waals surface area contributed by atoms with E-state index in [4.69, 9.17) is 14.5 Å². The second-order valence-electron chi connectivity index (χ2n) is 9.27. The molecule has 0 bridgehead atoms. The number of aryl methyl sites for hydroxylation is 1. The number of ether oxygens (including phenoxy) is 2. The van der Waals surface area contributed by atoms with Crippen LogP contribution in [0.4, 0.5) is 0 Å². The van der Waals surface area contributed by atoms with E-state index in [2.05, 4.69) is 29.2 Å². The van der Waals surface area contributed by atoms with Crippen molar-refractivity contribution in [3.05, 3.63) is 113 Å². The molecule has 3 heterocycles. The van der Waals surface area contributed by atoms with E-state index < -0.39 is 0 Å². The van der Waals surface area contributed by atoms with E-state index in [-0.39, 0.29) is 11.0 Å². The molecule has 1 aliphatic heterocycles. The Morgan fingerprint density at radius 3 is 2.36 bits per heavy atom. The number of rotatable bonds is 5. The lowest BCUT2D eigenvalue weighted by Crippen LogP contribution is -2.36. The van der Waals surface area contributed by atoms with E-state index in [0.717, 1.165) is 46.6 Å². The third kappa shape index (κ3) is 3.89. The summed E-state index contributed by atoms with van der Waals surface area (Å²) in [5, 5.41) is 0. The molecule has 0 unspecified atom stereocenters. The largest absolute Gasteiger partial charge is 0.454 e. The molecular weight excluding hydrogens is 450 g/mol. The minimum absolute atomic E-state index is 0.0586. The van der Waals surface area contributed by atoms with Crippen molar-refractivity contribution in [2.75, 3.05) is 13.2 Å². The Labute approximate surface area is 209 Å². The Hall–Kier alpha value is -4.16. The highest BCUT2D eigenvalue weighted by molar-refractivity contribution is 5.91. The number of aromatic nitrogens is 3. The molecule has 0 spiro atoms. The molecule has 6 rings (SSSR count). The quantitative estimate of drug-likeness (QED) is 0.346. The van der Waals surface area contributed by atoms with Crippen LogP contribution in [0.5, 0.6) is 11.5 Å². The first-order valence-electron chi connectivity index (χ1n) is 12.2. The van der Waals surface area contributed by atoms with Crippen LogP contribution in [0.1, 0.15) is 24.2 Å². The van der Waals surface area contributed by atoms with Gasteiger partial charge in [0.05, 0.1) is 10.9 Å². The first kappa shape index (κ1) is 22.3. The Kier molecular flexibility index (Phi) is 5.66. The number of nitrogens with zero attached hydrogens (tertiary/aromatic N) is 2. The Morgan fingerprint density at radius 2 is 1.64 bits per heavy atom. The van der Waals surface area contributed by atoms with Crippen molar-refractivity contribution in [3.63, 3.8) is 0 Å². The first-order chi connectivity index (χ1) is 17.6. The van der Waals surface area contributed by atoms with Gasteiger partial charge in [-0.05, 0) is 48.7 Å². The molecule has 6 heteroatoms. The van der Waals surface area contributed by atoms with Gasteiger partial charge in [-0.15, -0.1) is 0 Å². The molecule has 1 N–H and O–H groups in total. The fourth-order valence-electron chi connectivity index (χ4n) is 5.11. The van der Waals surface area contributed by atoms with Gasteiger partial charge in [-0.3, -0.25) is 4.79 Å². The molecule has 1 saturated heterocycles. The van der Waals surface area contributed by atoms with E-state index in [1.807, 2.05) is 60.8 Å². The lowest BCUT2D eigenvalue weighted by molar-refractivity contribution is 0.0608. The number of imidazole rings is 1. The standard InChI is InChI=1S/C30H27N3O3/c1-33-20-21(12-15-26(33)34)24-13-14-25-27(28(24)36-23-10-6-3-7-11-23)32-29(31-25)30(16-18-35-19-17-30)22-8-4-2-5-9-22/h2-15,20H,16-19H2,1H3,(H,31,32). The van der Waals surface area contributed by atoms with Crippen molar-refractivity contribution in [1.29, 1.82) is 0 Å². The Balaban J connectivity index is 1.56. The molecule has 3 aromatic carbocycles. The van der Waals surface area contributed by atoms with Crippen molar-refractivity contribution in [3.8, 4) is 22.6 Å². The number of benzene rings is 3. The third-order valence-corrected chi connectivity index (χ3v) is 7.09. The molecule has 0 atom stereocenters. The van der Waals surface area contributed by atoms with Gasteiger partial charge in [-0.1, -0.05) is 48.5 Å². The van der Waals surface area contributed by atoms with E-state index in [1.165, 1.54) is 5.56 Å². The molecule has 5 aromatic rings. The zero-order valence-corrected chi connectivity index (χ0v) is 20.1. The molecule has 0 amide bonds. The minimum Gasteiger partial charge on any atom is -0.454 e. The molecular formula is C30H27N3O3. The molecule has 6 nitrogen and oxygen atoms in total. The van der Waals surface area contributed by atoms with Gasteiger partial charge >= 0.3 is 0 Å². The SMILES string of the molecule is Cn1cc(-c2ccc3[nH]c(C4(c5ccccc5)CCOCC4)nc3c2Oc2ccccc2)ccc1=O. The Bertz CT molecular complexity index is 1570. The van der Waals surface area contributed by atoms with Crippen LogP contribution in [0.25, 0.3) is 22.2 Å². The van der Waals surface area contributed by atoms with Crippen LogP contribution in [0.15, 0.2) is 95.9 Å². The van der Waals surface area contributed by atoms with Gasteiger partial charge in [-0.25, -0.2) is 4.98 Å². The fourth-order valence-corrected chi connectivity index (χ4v) is 5.11. The molecule has 0 saturated carbocycles. The third-order valence-electron chi connectivity index (χ3n) is 7.09. The normalized spacial score (nSPS) is 15.1. The number of nitrogens with one attached hydrogen (secondary N) is 1. The smallest absolute Gasteiger partial charge is 0.250 e. The summed E-state index contributed by atoms with van der Waals surface area (Å²) >= 11 is 0. The summed E-state index contributed by atoms with van der Waals surface area (Å²) in [6.45, 7) is 1.37. The lowest BCUT2D eigenvalue weighted by atomic mass is 9.73. The van der Waals surface area contributed by atoms with Crippen molar-refractivity contribution in [1.82, 2.24) is 14.5 Å². The summed E-state index contributed by atoms with van der Waals surface area (Å²) in [6.07, 6.45) is 3.53. The Morgan fingerprint density at radius 1 is 0.917 bits per heavy atom. The molecule has 36 heavy (non-hydrogen) atoms. The number of aromatic amines is 1. The van der Waals surface area contributed by atoms with Crippen molar-refractivity contribution >= 4 is 11.0 Å². The predicted molar refractivity (Wildman–Crippen MR) is 141 cm³/mol. The zero-order chi connectivity index (χ0) is 24.5. The fraction of sp³-hybridized carbons (Fsp3) is 0.200. The van der Waals surface area contributed by atoms with Crippen LogP contribution in [0.2, 0.25) is 0 Å². The molecule has 180 valence electrons. The monoisotopic (exact) mass is 477 g/mol. The maximum atomic E-state index is 12.0. The summed E-state index contributed by atoms with van der Waals surface area (Å²) in [5.41, 5.74) is 4.35. The highest BCUT2D eigenvalue weighted by Crippen LogP contribution is 2.43. The van der Waals surface area contributed by atoms with Crippen LogP contribution >= 0.6 is 0 Å². The lowest BCUT2D eigenvalue weighted by Gasteiger charge is -2.36. The van der Waals surface area contributed by atoms with Gasteiger partial charge in [0.1, 0.15) is 17.1 Å². The van der Waals surface area contributed by atoms with Gasteiger partial charge < -0.3 is 19.0 Å². The summed E-state index contributed by atoms with van der Waals surface area (Å²) in [7, 11) is 1.75. The molecule has 2 aromatic heterocycles. The van der Waals surface area contributed by atoms with Gasteiger partial charge in [0.25, 0.3) is 0 Å². The van der Waals surface area contributed by atoms with Gasteiger partial charge in [-0.2, -0.15) is 0 Å². The molecule has 1 fully saturated rings. The molecule has 0 radical (unpaired) electrons. The maximum absolute atomic E-state index is 12.0. The van der Waals surface area contributed by atoms with E-state index >= 15 is 0 Å². The number of pyridine rings is 1. The first-order valence-corrected chi connectivity index (χ1v) is 12.2. The molecule has 1 aliphatic rings. The maximum Gasteiger partial charge on any atom is 0.250 e. The average molecular weight is 478 g/mol. The van der Waals surface area contributed by atoms with E-state index in [9.17, 15) is 4.79 Å². The minimum atomic E-state index is -0.265. The number of para-hydroxylation sites is 1. The zero-order valence-electron chi connectivity index (χ0n) is 20.1. The second kappa shape index (κ2) is 9.13. The van der Waals surface area contributed by atoms with Crippen molar-refractivity contribution < 1.29 is 9.47 Å². The van der Waals surface area contributed by atoms with Crippen molar-refractivity contribution in [2.45, 2.75) is 18.3 Å². The van der Waals surface area contributed by atoms with Crippen molar-refractivity contribution in [2.24, 2.45) is 7.05 Å². The highest BCUT2D eigenvalue weighted by Gasteiger charge is 2.39. The average Bonchev–Trinajstić information content (AvgIpc) is 3.38. The van der Waals surface area contributed by atoms with E-state index in [0.29, 0.717) is 19.0 Å². The number of hydrogen-bond donors (Lipinski definition) is 1. The summed E-state index contributed by atoms with van der Waals surface area (Å²) in [4.78, 5) is 20.9. The van der Waals surface area contributed by atoms with Gasteiger partial charge in [0.2, 0.25) is 5.56 Å². The summed E-state index contributed by atoms with van der Waals surface area (Å²) < 4.78 is 13.8. The summed E-state index contributed by atoms with van der Waals surface area (Å²) in [6, 6.07) is 27.8. The summed E-state index contributed by atoms with van der Waals surface area (Å²) in [5.74, 6) is 2.31. The molecule has 0 aliphatic carbocycles. The van der Waals surface area contributed by atoms with Crippen LogP contribution in [-0.2, 0) is 17.2 Å². The predicted octanol–water partition coefficient (Wildman–Crippen LogP) is 5.82. The van der Waals surface area contributed by atoms with Crippen LogP contribution in [0, 0.1) is 0 Å². The number of H-pyrrole nitrogens is 1. The van der Waals surface area contributed by atoms with Crippen LogP contribution in [0.3, 0.4) is 0 Å². The van der Waals surface area contributed by atoms with Gasteiger partial charge in [0.15, 0.2) is 5.75 Å². The van der Waals surface area contributed by atoms with Gasteiger partial charge in [0, 0.05) is 43.7 Å². The number of fused-ring (bicyclic) bond motifs is 1. The van der Waals surface area contributed by atoms with Crippen LogP contribution < -0.4 is 10.3 Å². The topological polar surface area (TPSA) is 69.1 Å².